The molecule has 90 valence electrons. The van der Waals surface area contributed by atoms with Crippen LogP contribution in [-0.2, 0) is 11.2 Å². The van der Waals surface area contributed by atoms with E-state index in [1.54, 1.807) is 0 Å². The molecular formula is C13H17N3O. The van der Waals surface area contributed by atoms with E-state index in [1.807, 2.05) is 12.3 Å². The lowest BCUT2D eigenvalue weighted by Crippen LogP contribution is -2.33. The summed E-state index contributed by atoms with van der Waals surface area (Å²) in [6.07, 6.45) is 3.72. The van der Waals surface area contributed by atoms with Crippen LogP contribution in [0.1, 0.15) is 36.3 Å². The van der Waals surface area contributed by atoms with Gasteiger partial charge in [-0.1, -0.05) is 13.3 Å². The van der Waals surface area contributed by atoms with Gasteiger partial charge in [-0.05, 0) is 12.5 Å². The predicted octanol–water partition coefficient (Wildman–Crippen LogP) is 1.57. The van der Waals surface area contributed by atoms with Crippen molar-refractivity contribution in [3.8, 4) is 6.07 Å². The normalized spacial score (nSPS) is 19.9. The average molecular weight is 231 g/mol. The van der Waals surface area contributed by atoms with Crippen molar-refractivity contribution in [1.82, 2.24) is 10.3 Å². The Kier molecular flexibility index (Phi) is 4.08. The molecule has 1 N–H and O–H groups in total. The number of hydrogen-bond donors (Lipinski definition) is 1. The molecule has 2 rings (SSSR count). The van der Waals surface area contributed by atoms with E-state index in [4.69, 9.17) is 10.00 Å². The number of nitrogens with one attached hydrogen (secondary N) is 1. The predicted molar refractivity (Wildman–Crippen MR) is 64.5 cm³/mol. The van der Waals surface area contributed by atoms with E-state index in [1.165, 1.54) is 0 Å². The van der Waals surface area contributed by atoms with Gasteiger partial charge in [0.1, 0.15) is 6.07 Å². The third-order valence-electron chi connectivity index (χ3n) is 2.90. The highest BCUT2D eigenvalue weighted by atomic mass is 16.5. The second-order valence-corrected chi connectivity index (χ2v) is 4.19. The lowest BCUT2D eigenvalue weighted by Gasteiger charge is -2.24. The molecule has 0 aliphatic carbocycles. The topological polar surface area (TPSA) is 57.9 Å². The fourth-order valence-corrected chi connectivity index (χ4v) is 2.00. The summed E-state index contributed by atoms with van der Waals surface area (Å²) >= 11 is 0. The third kappa shape index (κ3) is 2.82. The van der Waals surface area contributed by atoms with Crippen LogP contribution in [0.15, 0.2) is 12.3 Å². The van der Waals surface area contributed by atoms with Gasteiger partial charge < -0.3 is 10.1 Å². The molecule has 0 saturated carbocycles. The van der Waals surface area contributed by atoms with Gasteiger partial charge in [-0.15, -0.1) is 0 Å². The van der Waals surface area contributed by atoms with Gasteiger partial charge in [-0.3, -0.25) is 4.98 Å². The number of rotatable bonds is 3. The Hall–Kier alpha value is -1.44. The van der Waals surface area contributed by atoms with Gasteiger partial charge in [-0.2, -0.15) is 5.26 Å². The second kappa shape index (κ2) is 5.76. The largest absolute Gasteiger partial charge is 0.371 e. The van der Waals surface area contributed by atoms with Gasteiger partial charge >= 0.3 is 0 Å². The molecule has 1 saturated heterocycles. The summed E-state index contributed by atoms with van der Waals surface area (Å²) in [6.45, 7) is 4.48. The molecule has 1 aliphatic heterocycles. The minimum atomic E-state index is 0.0269. The smallest absolute Gasteiger partial charge is 0.101 e. The van der Waals surface area contributed by atoms with Gasteiger partial charge in [0.05, 0.1) is 24.0 Å². The average Bonchev–Trinajstić information content (AvgIpc) is 2.40. The number of aryl methyl sites for hydroxylation is 1. The molecule has 0 radical (unpaired) electrons. The molecule has 0 bridgehead atoms. The van der Waals surface area contributed by atoms with E-state index in [-0.39, 0.29) is 6.10 Å². The van der Waals surface area contributed by atoms with Crippen LogP contribution in [-0.4, -0.2) is 24.7 Å². The van der Waals surface area contributed by atoms with Gasteiger partial charge in [0.2, 0.25) is 0 Å². The Labute approximate surface area is 102 Å². The van der Waals surface area contributed by atoms with E-state index in [2.05, 4.69) is 23.3 Å². The third-order valence-corrected chi connectivity index (χ3v) is 2.90. The van der Waals surface area contributed by atoms with Crippen molar-refractivity contribution in [2.75, 3.05) is 19.7 Å². The molecular weight excluding hydrogens is 214 g/mol. The molecule has 4 nitrogen and oxygen atoms in total. The van der Waals surface area contributed by atoms with E-state index in [0.717, 1.165) is 37.2 Å². The number of hydrogen-bond acceptors (Lipinski definition) is 4. The quantitative estimate of drug-likeness (QED) is 0.857. The Bertz CT molecular complexity index is 419. The van der Waals surface area contributed by atoms with Crippen LogP contribution in [0.2, 0.25) is 0 Å². The van der Waals surface area contributed by atoms with E-state index in [0.29, 0.717) is 12.2 Å². The van der Waals surface area contributed by atoms with Gasteiger partial charge in [0.25, 0.3) is 0 Å². The summed E-state index contributed by atoms with van der Waals surface area (Å²) < 4.78 is 5.65. The first-order chi connectivity index (χ1) is 8.35. The number of nitrogens with zero attached hydrogens (tertiary/aromatic N) is 2. The lowest BCUT2D eigenvalue weighted by atomic mass is 10.0. The molecule has 1 unspecified atom stereocenters. The lowest BCUT2D eigenvalue weighted by molar-refractivity contribution is 0.0274. The number of ether oxygens (including phenoxy) is 1. The molecule has 4 heteroatoms. The maximum absolute atomic E-state index is 9.12. The highest BCUT2D eigenvalue weighted by Crippen LogP contribution is 2.20. The highest BCUT2D eigenvalue weighted by Gasteiger charge is 2.17. The van der Waals surface area contributed by atoms with Gasteiger partial charge in [0.15, 0.2) is 0 Å². The fourth-order valence-electron chi connectivity index (χ4n) is 2.00. The maximum atomic E-state index is 9.12. The summed E-state index contributed by atoms with van der Waals surface area (Å²) in [5.74, 6) is 0. The molecule has 1 aromatic heterocycles. The van der Waals surface area contributed by atoms with Crippen molar-refractivity contribution in [1.29, 1.82) is 5.26 Å². The number of nitriles is 1. The number of aromatic nitrogens is 1. The molecule has 1 aromatic rings. The first kappa shape index (κ1) is 12.0. The van der Waals surface area contributed by atoms with Crippen LogP contribution < -0.4 is 5.32 Å². The van der Waals surface area contributed by atoms with E-state index < -0.39 is 0 Å². The number of morpholine rings is 1. The minimum absolute atomic E-state index is 0.0269. The Morgan fingerprint density at radius 3 is 3.18 bits per heavy atom. The van der Waals surface area contributed by atoms with E-state index in [9.17, 15) is 0 Å². The minimum Gasteiger partial charge on any atom is -0.371 e. The van der Waals surface area contributed by atoms with Crippen molar-refractivity contribution in [3.05, 3.63) is 29.1 Å². The maximum Gasteiger partial charge on any atom is 0.101 e. The zero-order valence-electron chi connectivity index (χ0n) is 10.1. The molecule has 0 aromatic carbocycles. The summed E-state index contributed by atoms with van der Waals surface area (Å²) in [7, 11) is 0. The molecule has 1 atom stereocenters. The summed E-state index contributed by atoms with van der Waals surface area (Å²) in [5.41, 5.74) is 2.56. The van der Waals surface area contributed by atoms with Crippen molar-refractivity contribution in [2.24, 2.45) is 0 Å². The van der Waals surface area contributed by atoms with Crippen LogP contribution in [0.4, 0.5) is 0 Å². The summed E-state index contributed by atoms with van der Waals surface area (Å²) in [4.78, 5) is 4.38. The number of pyridine rings is 1. The standard InChI is InChI=1S/C13H17N3O/c1-2-3-12-10(7-14)6-11(8-16-12)13-9-15-4-5-17-13/h6,8,13,15H,2-5,9H2,1H3. The first-order valence-corrected chi connectivity index (χ1v) is 6.06. The van der Waals surface area contributed by atoms with E-state index >= 15 is 0 Å². The van der Waals surface area contributed by atoms with Crippen molar-refractivity contribution >= 4 is 0 Å². The van der Waals surface area contributed by atoms with Gasteiger partial charge in [-0.25, -0.2) is 0 Å². The molecule has 1 aliphatic rings. The zero-order valence-corrected chi connectivity index (χ0v) is 10.1. The second-order valence-electron chi connectivity index (χ2n) is 4.19. The van der Waals surface area contributed by atoms with Crippen LogP contribution in [0, 0.1) is 11.3 Å². The first-order valence-electron chi connectivity index (χ1n) is 6.06. The molecule has 0 amide bonds. The summed E-state index contributed by atoms with van der Waals surface area (Å²) in [6, 6.07) is 4.13. The van der Waals surface area contributed by atoms with Crippen molar-refractivity contribution < 1.29 is 4.74 Å². The fraction of sp³-hybridized carbons (Fsp3) is 0.538. The Morgan fingerprint density at radius 2 is 2.53 bits per heavy atom. The highest BCUT2D eigenvalue weighted by molar-refractivity contribution is 5.36. The van der Waals surface area contributed by atoms with Gasteiger partial charge in [0, 0.05) is 24.8 Å². The SMILES string of the molecule is CCCc1ncc(C2CNCCO2)cc1C#N. The molecule has 2 heterocycles. The summed E-state index contributed by atoms with van der Waals surface area (Å²) in [5, 5.41) is 12.4. The molecule has 17 heavy (non-hydrogen) atoms. The van der Waals surface area contributed by atoms with Crippen LogP contribution in [0.5, 0.6) is 0 Å². The van der Waals surface area contributed by atoms with Crippen molar-refractivity contribution in [2.45, 2.75) is 25.9 Å². The van der Waals surface area contributed by atoms with Crippen LogP contribution in [0.25, 0.3) is 0 Å². The van der Waals surface area contributed by atoms with Crippen LogP contribution in [0.3, 0.4) is 0 Å². The molecule has 0 spiro atoms. The monoisotopic (exact) mass is 231 g/mol. The Morgan fingerprint density at radius 1 is 1.65 bits per heavy atom. The Balaban J connectivity index is 2.21. The van der Waals surface area contributed by atoms with Crippen LogP contribution >= 0.6 is 0 Å². The molecule has 1 fully saturated rings. The van der Waals surface area contributed by atoms with Crippen molar-refractivity contribution in [3.63, 3.8) is 0 Å². The zero-order chi connectivity index (χ0) is 12.1.